The van der Waals surface area contributed by atoms with Crippen molar-refractivity contribution in [3.05, 3.63) is 0 Å². The molecule has 0 bridgehead atoms. The maximum absolute atomic E-state index is 10.4. The van der Waals surface area contributed by atoms with Crippen LogP contribution in [0, 0.1) is 11.3 Å². The second-order valence-electron chi connectivity index (χ2n) is 4.37. The van der Waals surface area contributed by atoms with Gasteiger partial charge in [-0.1, -0.05) is 13.8 Å². The van der Waals surface area contributed by atoms with Gasteiger partial charge in [-0.2, -0.15) is 0 Å². The summed E-state index contributed by atoms with van der Waals surface area (Å²) in [5, 5.41) is 8.54. The third-order valence-electron chi connectivity index (χ3n) is 2.53. The molecule has 0 aliphatic heterocycles. The summed E-state index contributed by atoms with van der Waals surface area (Å²) in [6.45, 7) is 4.43. The summed E-state index contributed by atoms with van der Waals surface area (Å²) in [6, 6.07) is 0. The first-order chi connectivity index (χ1) is 4.99. The number of carboxylic acids is 1. The lowest BCUT2D eigenvalue weighted by Crippen LogP contribution is -2.08. The van der Waals surface area contributed by atoms with Gasteiger partial charge < -0.3 is 5.11 Å². The Morgan fingerprint density at radius 2 is 2.27 bits per heavy atom. The highest BCUT2D eigenvalue weighted by atomic mass is 16.4. The van der Waals surface area contributed by atoms with Crippen molar-refractivity contribution in [2.45, 2.75) is 39.5 Å². The Kier molecular flexibility index (Phi) is 2.21. The Labute approximate surface area is 67.6 Å². The summed E-state index contributed by atoms with van der Waals surface area (Å²) in [5.74, 6) is -0.213. The lowest BCUT2D eigenvalue weighted by atomic mass is 9.90. The standard InChI is InChI=1S/C9H16O2/c1-9(2)4-3-7(6-9)5-8(10)11/h7H,3-6H2,1-2H3,(H,10,11). The molecule has 0 spiro atoms. The first-order valence-electron chi connectivity index (χ1n) is 4.21. The largest absolute Gasteiger partial charge is 0.481 e. The van der Waals surface area contributed by atoms with E-state index in [2.05, 4.69) is 13.8 Å². The Morgan fingerprint density at radius 1 is 1.64 bits per heavy atom. The molecule has 2 nitrogen and oxygen atoms in total. The topological polar surface area (TPSA) is 37.3 Å². The van der Waals surface area contributed by atoms with Gasteiger partial charge in [0.15, 0.2) is 0 Å². The van der Waals surface area contributed by atoms with Crippen molar-refractivity contribution in [2.75, 3.05) is 0 Å². The van der Waals surface area contributed by atoms with E-state index in [9.17, 15) is 4.79 Å². The summed E-state index contributed by atoms with van der Waals surface area (Å²) < 4.78 is 0. The number of carboxylic acid groups (broad SMARTS) is 1. The smallest absolute Gasteiger partial charge is 0.303 e. The van der Waals surface area contributed by atoms with Crippen LogP contribution in [-0.2, 0) is 4.79 Å². The second kappa shape index (κ2) is 2.84. The molecule has 0 saturated heterocycles. The van der Waals surface area contributed by atoms with E-state index in [0.717, 1.165) is 12.8 Å². The molecule has 1 rings (SSSR count). The highest BCUT2D eigenvalue weighted by molar-refractivity contribution is 5.67. The number of hydrogen-bond donors (Lipinski definition) is 1. The third-order valence-corrected chi connectivity index (χ3v) is 2.53. The van der Waals surface area contributed by atoms with Crippen LogP contribution in [-0.4, -0.2) is 11.1 Å². The Bertz CT molecular complexity index is 161. The van der Waals surface area contributed by atoms with Gasteiger partial charge in [0, 0.05) is 6.42 Å². The molecule has 0 heterocycles. The van der Waals surface area contributed by atoms with Crippen molar-refractivity contribution in [3.63, 3.8) is 0 Å². The Hall–Kier alpha value is -0.530. The van der Waals surface area contributed by atoms with Crippen molar-refractivity contribution in [3.8, 4) is 0 Å². The molecule has 1 N–H and O–H groups in total. The lowest BCUT2D eigenvalue weighted by Gasteiger charge is -2.16. The maximum atomic E-state index is 10.4. The van der Waals surface area contributed by atoms with Crippen molar-refractivity contribution < 1.29 is 9.90 Å². The molecule has 1 aliphatic carbocycles. The first-order valence-corrected chi connectivity index (χ1v) is 4.21. The molecular formula is C9H16O2. The first kappa shape index (κ1) is 8.57. The summed E-state index contributed by atoms with van der Waals surface area (Å²) in [7, 11) is 0. The average Bonchev–Trinajstić information content (AvgIpc) is 2.08. The molecule has 1 aliphatic rings. The normalized spacial score (nSPS) is 28.7. The van der Waals surface area contributed by atoms with Crippen LogP contribution in [0.2, 0.25) is 0 Å². The number of rotatable bonds is 2. The summed E-state index contributed by atoms with van der Waals surface area (Å²) in [4.78, 5) is 10.4. The van der Waals surface area contributed by atoms with E-state index in [1.54, 1.807) is 0 Å². The molecule has 0 aromatic rings. The van der Waals surface area contributed by atoms with E-state index in [0.29, 0.717) is 17.8 Å². The lowest BCUT2D eigenvalue weighted by molar-refractivity contribution is -0.138. The zero-order valence-corrected chi connectivity index (χ0v) is 7.26. The van der Waals surface area contributed by atoms with Gasteiger partial charge in [0.1, 0.15) is 0 Å². The zero-order valence-electron chi connectivity index (χ0n) is 7.26. The Balaban J connectivity index is 2.36. The monoisotopic (exact) mass is 156 g/mol. The minimum absolute atomic E-state index is 0.365. The number of carbonyl (C=O) groups is 1. The SMILES string of the molecule is CC1(C)CCC(CC(=O)O)C1. The fourth-order valence-electron chi connectivity index (χ4n) is 2.00. The van der Waals surface area contributed by atoms with Gasteiger partial charge >= 0.3 is 5.97 Å². The van der Waals surface area contributed by atoms with Crippen LogP contribution in [0.15, 0.2) is 0 Å². The predicted molar refractivity (Wildman–Crippen MR) is 43.4 cm³/mol. The van der Waals surface area contributed by atoms with Crippen molar-refractivity contribution in [1.82, 2.24) is 0 Å². The molecule has 0 amide bonds. The van der Waals surface area contributed by atoms with E-state index >= 15 is 0 Å². The van der Waals surface area contributed by atoms with Gasteiger partial charge in [0.25, 0.3) is 0 Å². The minimum atomic E-state index is -0.646. The van der Waals surface area contributed by atoms with Crippen molar-refractivity contribution in [1.29, 1.82) is 0 Å². The van der Waals surface area contributed by atoms with E-state index < -0.39 is 5.97 Å². The van der Waals surface area contributed by atoms with Crippen molar-refractivity contribution >= 4 is 5.97 Å². The number of hydrogen-bond acceptors (Lipinski definition) is 1. The van der Waals surface area contributed by atoms with Gasteiger partial charge in [-0.25, -0.2) is 0 Å². The molecular weight excluding hydrogens is 140 g/mol. The molecule has 1 atom stereocenters. The van der Waals surface area contributed by atoms with Crippen LogP contribution in [0.25, 0.3) is 0 Å². The molecule has 1 unspecified atom stereocenters. The molecule has 0 aromatic heterocycles. The van der Waals surface area contributed by atoms with Gasteiger partial charge in [-0.05, 0) is 30.6 Å². The highest BCUT2D eigenvalue weighted by Gasteiger charge is 2.31. The van der Waals surface area contributed by atoms with Crippen LogP contribution in [0.3, 0.4) is 0 Å². The Morgan fingerprint density at radius 3 is 2.64 bits per heavy atom. The fraction of sp³-hybridized carbons (Fsp3) is 0.889. The highest BCUT2D eigenvalue weighted by Crippen LogP contribution is 2.42. The van der Waals surface area contributed by atoms with Crippen LogP contribution in [0.1, 0.15) is 39.5 Å². The van der Waals surface area contributed by atoms with E-state index in [4.69, 9.17) is 5.11 Å². The molecule has 1 saturated carbocycles. The maximum Gasteiger partial charge on any atom is 0.303 e. The fourth-order valence-corrected chi connectivity index (χ4v) is 2.00. The summed E-state index contributed by atoms with van der Waals surface area (Å²) >= 11 is 0. The minimum Gasteiger partial charge on any atom is -0.481 e. The molecule has 0 radical (unpaired) electrons. The van der Waals surface area contributed by atoms with Gasteiger partial charge in [0.05, 0.1) is 0 Å². The summed E-state index contributed by atoms with van der Waals surface area (Å²) in [5.41, 5.74) is 0.389. The molecule has 0 aromatic carbocycles. The van der Waals surface area contributed by atoms with E-state index in [-0.39, 0.29) is 0 Å². The van der Waals surface area contributed by atoms with Crippen LogP contribution in [0.5, 0.6) is 0 Å². The predicted octanol–water partition coefficient (Wildman–Crippen LogP) is 2.29. The molecule has 11 heavy (non-hydrogen) atoms. The van der Waals surface area contributed by atoms with Crippen LogP contribution < -0.4 is 0 Å². The van der Waals surface area contributed by atoms with Gasteiger partial charge in [0.2, 0.25) is 0 Å². The number of aliphatic carboxylic acids is 1. The zero-order chi connectivity index (χ0) is 8.48. The molecule has 1 fully saturated rings. The third kappa shape index (κ3) is 2.52. The van der Waals surface area contributed by atoms with E-state index in [1.807, 2.05) is 0 Å². The van der Waals surface area contributed by atoms with Gasteiger partial charge in [-0.3, -0.25) is 4.79 Å². The average molecular weight is 156 g/mol. The molecule has 64 valence electrons. The van der Waals surface area contributed by atoms with E-state index in [1.165, 1.54) is 6.42 Å². The van der Waals surface area contributed by atoms with Crippen LogP contribution >= 0.6 is 0 Å². The van der Waals surface area contributed by atoms with Crippen LogP contribution in [0.4, 0.5) is 0 Å². The van der Waals surface area contributed by atoms with Gasteiger partial charge in [-0.15, -0.1) is 0 Å². The summed E-state index contributed by atoms with van der Waals surface area (Å²) in [6.07, 6.45) is 3.73. The molecule has 2 heteroatoms. The quantitative estimate of drug-likeness (QED) is 0.666. The van der Waals surface area contributed by atoms with Crippen molar-refractivity contribution in [2.24, 2.45) is 11.3 Å². The second-order valence-corrected chi connectivity index (χ2v) is 4.37.